The van der Waals surface area contributed by atoms with Crippen LogP contribution in [0.2, 0.25) is 0 Å². The molecule has 3 N–H and O–H groups in total. The number of thioether (sulfide) groups is 1. The molecular weight excluding hydrogens is 274 g/mol. The zero-order chi connectivity index (χ0) is 15.1. The van der Waals surface area contributed by atoms with Crippen LogP contribution in [0.15, 0.2) is 4.99 Å². The molecule has 1 rings (SSSR count). The third kappa shape index (κ3) is 5.50. The van der Waals surface area contributed by atoms with E-state index in [2.05, 4.69) is 35.7 Å². The molecule has 0 saturated carbocycles. The summed E-state index contributed by atoms with van der Waals surface area (Å²) in [7, 11) is 1.78. The minimum Gasteiger partial charge on any atom is -0.396 e. The summed E-state index contributed by atoms with van der Waals surface area (Å²) in [6, 6.07) is 0. The van der Waals surface area contributed by atoms with Gasteiger partial charge in [-0.25, -0.2) is 0 Å². The van der Waals surface area contributed by atoms with Crippen molar-refractivity contribution < 1.29 is 9.84 Å². The number of guanidine groups is 1. The van der Waals surface area contributed by atoms with E-state index in [-0.39, 0.29) is 16.8 Å². The van der Waals surface area contributed by atoms with Gasteiger partial charge in [0.2, 0.25) is 0 Å². The fourth-order valence-corrected chi connectivity index (χ4v) is 2.39. The van der Waals surface area contributed by atoms with E-state index in [1.807, 2.05) is 11.8 Å². The van der Waals surface area contributed by atoms with Crippen molar-refractivity contribution in [3.63, 3.8) is 0 Å². The van der Waals surface area contributed by atoms with E-state index >= 15 is 0 Å². The van der Waals surface area contributed by atoms with Gasteiger partial charge in [-0.2, -0.15) is 11.8 Å². The zero-order valence-electron chi connectivity index (χ0n) is 13.2. The first-order valence-electron chi connectivity index (χ1n) is 7.15. The Morgan fingerprint density at radius 1 is 1.45 bits per heavy atom. The van der Waals surface area contributed by atoms with Crippen LogP contribution in [0.1, 0.15) is 26.7 Å². The van der Waals surface area contributed by atoms with Gasteiger partial charge in [-0.15, -0.1) is 0 Å². The number of nitrogens with one attached hydrogen (secondary N) is 2. The van der Waals surface area contributed by atoms with Crippen LogP contribution in [-0.4, -0.2) is 62.0 Å². The lowest BCUT2D eigenvalue weighted by Gasteiger charge is -2.29. The minimum absolute atomic E-state index is 0.0430. The molecule has 1 saturated heterocycles. The Morgan fingerprint density at radius 2 is 2.20 bits per heavy atom. The second kappa shape index (κ2) is 8.10. The highest BCUT2D eigenvalue weighted by molar-refractivity contribution is 7.99. The first-order chi connectivity index (χ1) is 9.47. The van der Waals surface area contributed by atoms with Gasteiger partial charge in [0, 0.05) is 43.5 Å². The van der Waals surface area contributed by atoms with Gasteiger partial charge in [0.05, 0.1) is 6.61 Å². The summed E-state index contributed by atoms with van der Waals surface area (Å²) in [5, 5.41) is 16.0. The van der Waals surface area contributed by atoms with E-state index in [4.69, 9.17) is 4.74 Å². The number of rotatable bonds is 7. The van der Waals surface area contributed by atoms with Gasteiger partial charge < -0.3 is 20.5 Å². The molecule has 1 aliphatic rings. The molecule has 20 heavy (non-hydrogen) atoms. The lowest BCUT2D eigenvalue weighted by molar-refractivity contribution is 0.127. The van der Waals surface area contributed by atoms with Crippen molar-refractivity contribution in [1.29, 1.82) is 0 Å². The molecule has 1 heterocycles. The fraction of sp³-hybridized carbons (Fsp3) is 0.929. The Morgan fingerprint density at radius 3 is 2.70 bits per heavy atom. The van der Waals surface area contributed by atoms with Crippen molar-refractivity contribution in [1.82, 2.24) is 10.6 Å². The Balaban J connectivity index is 2.44. The van der Waals surface area contributed by atoms with Gasteiger partial charge in [0.25, 0.3) is 0 Å². The summed E-state index contributed by atoms with van der Waals surface area (Å²) in [4.78, 5) is 4.26. The third-order valence-electron chi connectivity index (χ3n) is 3.92. The molecule has 0 amide bonds. The van der Waals surface area contributed by atoms with Crippen LogP contribution in [0.4, 0.5) is 0 Å². The fourth-order valence-electron chi connectivity index (χ4n) is 2.17. The van der Waals surface area contributed by atoms with Crippen LogP contribution >= 0.6 is 11.8 Å². The van der Waals surface area contributed by atoms with Gasteiger partial charge in [-0.1, -0.05) is 0 Å². The topological polar surface area (TPSA) is 65.9 Å². The molecule has 0 radical (unpaired) electrons. The van der Waals surface area contributed by atoms with Crippen LogP contribution in [0, 0.1) is 5.41 Å². The second-order valence-electron chi connectivity index (χ2n) is 6.02. The van der Waals surface area contributed by atoms with Crippen molar-refractivity contribution in [2.45, 2.75) is 31.4 Å². The summed E-state index contributed by atoms with van der Waals surface area (Å²) in [5.74, 6) is 0.816. The number of aliphatic hydroxyl groups is 1. The third-order valence-corrected chi connectivity index (χ3v) is 5.17. The van der Waals surface area contributed by atoms with Gasteiger partial charge in [-0.05, 0) is 32.9 Å². The lowest BCUT2D eigenvalue weighted by atomic mass is 9.84. The van der Waals surface area contributed by atoms with Crippen molar-refractivity contribution in [3.05, 3.63) is 0 Å². The number of hydrogen-bond acceptors (Lipinski definition) is 4. The van der Waals surface area contributed by atoms with Crippen LogP contribution in [-0.2, 0) is 4.74 Å². The largest absolute Gasteiger partial charge is 0.396 e. The summed E-state index contributed by atoms with van der Waals surface area (Å²) >= 11 is 1.83. The van der Waals surface area contributed by atoms with Crippen molar-refractivity contribution in [2.24, 2.45) is 10.4 Å². The predicted molar refractivity (Wildman–Crippen MR) is 86.5 cm³/mol. The molecule has 0 aromatic rings. The van der Waals surface area contributed by atoms with E-state index in [1.54, 1.807) is 7.05 Å². The van der Waals surface area contributed by atoms with Crippen molar-refractivity contribution in [2.75, 3.05) is 46.2 Å². The molecule has 0 aromatic carbocycles. The number of aliphatic imine (C=N–C) groups is 1. The van der Waals surface area contributed by atoms with E-state index in [1.165, 1.54) is 0 Å². The monoisotopic (exact) mass is 303 g/mol. The van der Waals surface area contributed by atoms with Crippen LogP contribution < -0.4 is 10.6 Å². The standard InChI is InChI=1S/C14H29N3O2S/c1-13(2,20-4)9-16-12(15-3)17-10-14(5-7-18)6-8-19-11-14/h18H,5-11H2,1-4H3,(H2,15,16,17). The van der Waals surface area contributed by atoms with Gasteiger partial charge >= 0.3 is 0 Å². The summed E-state index contributed by atoms with van der Waals surface area (Å²) in [6.45, 7) is 7.76. The Hall–Kier alpha value is -0.460. The van der Waals surface area contributed by atoms with Gasteiger partial charge in [0.1, 0.15) is 0 Å². The Labute approximate surface area is 127 Å². The predicted octanol–water partition coefficient (Wildman–Crippen LogP) is 1.08. The molecule has 5 nitrogen and oxygen atoms in total. The smallest absolute Gasteiger partial charge is 0.191 e. The Kier molecular flexibility index (Phi) is 7.12. The van der Waals surface area contributed by atoms with Crippen molar-refractivity contribution >= 4 is 17.7 Å². The van der Waals surface area contributed by atoms with E-state index in [0.717, 1.165) is 38.5 Å². The molecule has 1 unspecified atom stereocenters. The summed E-state index contributed by atoms with van der Waals surface area (Å²) in [6.07, 6.45) is 3.88. The minimum atomic E-state index is 0.0430. The molecule has 1 fully saturated rings. The molecule has 0 spiro atoms. The van der Waals surface area contributed by atoms with Crippen molar-refractivity contribution in [3.8, 4) is 0 Å². The maximum absolute atomic E-state index is 9.22. The second-order valence-corrected chi connectivity index (χ2v) is 7.53. The van der Waals surface area contributed by atoms with E-state index < -0.39 is 0 Å². The number of ether oxygens (including phenoxy) is 1. The average molecular weight is 303 g/mol. The number of aliphatic hydroxyl groups excluding tert-OH is 1. The molecule has 6 heteroatoms. The van der Waals surface area contributed by atoms with E-state index in [9.17, 15) is 5.11 Å². The molecular formula is C14H29N3O2S. The molecule has 0 aliphatic carbocycles. The molecule has 0 aromatic heterocycles. The highest BCUT2D eigenvalue weighted by atomic mass is 32.2. The maximum Gasteiger partial charge on any atom is 0.191 e. The maximum atomic E-state index is 9.22. The zero-order valence-corrected chi connectivity index (χ0v) is 14.0. The molecule has 118 valence electrons. The normalized spacial score (nSPS) is 23.9. The van der Waals surface area contributed by atoms with Crippen LogP contribution in [0.3, 0.4) is 0 Å². The van der Waals surface area contributed by atoms with Gasteiger partial charge in [-0.3, -0.25) is 4.99 Å². The highest BCUT2D eigenvalue weighted by Gasteiger charge is 2.34. The number of hydrogen-bond donors (Lipinski definition) is 3. The Bertz CT molecular complexity index is 316. The quantitative estimate of drug-likeness (QED) is 0.485. The summed E-state index contributed by atoms with van der Waals surface area (Å²) in [5.41, 5.74) is 0.0430. The summed E-state index contributed by atoms with van der Waals surface area (Å²) < 4.78 is 5.67. The van der Waals surface area contributed by atoms with Crippen LogP contribution in [0.25, 0.3) is 0 Å². The number of nitrogens with zero attached hydrogens (tertiary/aromatic N) is 1. The van der Waals surface area contributed by atoms with Crippen LogP contribution in [0.5, 0.6) is 0 Å². The highest BCUT2D eigenvalue weighted by Crippen LogP contribution is 2.31. The lowest BCUT2D eigenvalue weighted by Crippen LogP contribution is -2.47. The molecule has 1 aliphatic heterocycles. The van der Waals surface area contributed by atoms with Gasteiger partial charge in [0.15, 0.2) is 5.96 Å². The average Bonchev–Trinajstić information content (AvgIpc) is 2.88. The molecule has 0 bridgehead atoms. The molecule has 1 atom stereocenters. The first kappa shape index (κ1) is 17.6. The SMILES string of the molecule is CN=C(NCC1(CCO)CCOC1)NCC(C)(C)SC. The van der Waals surface area contributed by atoms with E-state index in [0.29, 0.717) is 6.61 Å². The first-order valence-corrected chi connectivity index (χ1v) is 8.38.